The molecule has 2 N–H and O–H groups in total. The first kappa shape index (κ1) is 17.5. The van der Waals surface area contributed by atoms with E-state index in [1.807, 2.05) is 61.5 Å². The van der Waals surface area contributed by atoms with Crippen molar-refractivity contribution in [2.75, 3.05) is 6.61 Å². The molecule has 6 heteroatoms. The Hall–Kier alpha value is -3.28. The van der Waals surface area contributed by atoms with E-state index in [9.17, 15) is 4.79 Å². The Morgan fingerprint density at radius 2 is 1.88 bits per heavy atom. The van der Waals surface area contributed by atoms with Crippen LogP contribution in [0.3, 0.4) is 0 Å². The molecule has 0 aliphatic rings. The standard InChI is InChI=1S/C20H20N2O4/c1-14-18(22-19(26-14)16-5-3-2-4-6-16)11-12-25-17-9-7-15(8-10-17)13-21-20(23)24/h2-10,21H,11-13H2,1H3,(H,23,24). The van der Waals surface area contributed by atoms with Crippen molar-refractivity contribution in [3.05, 3.63) is 71.6 Å². The van der Waals surface area contributed by atoms with E-state index in [2.05, 4.69) is 10.3 Å². The van der Waals surface area contributed by atoms with E-state index >= 15 is 0 Å². The van der Waals surface area contributed by atoms with E-state index < -0.39 is 6.09 Å². The number of aryl methyl sites for hydroxylation is 1. The molecule has 0 saturated heterocycles. The highest BCUT2D eigenvalue weighted by molar-refractivity contribution is 5.64. The van der Waals surface area contributed by atoms with Crippen molar-refractivity contribution in [2.45, 2.75) is 19.9 Å². The van der Waals surface area contributed by atoms with E-state index in [-0.39, 0.29) is 6.54 Å². The number of nitrogens with one attached hydrogen (secondary N) is 1. The predicted molar refractivity (Wildman–Crippen MR) is 97.2 cm³/mol. The topological polar surface area (TPSA) is 84.6 Å². The minimum absolute atomic E-state index is 0.274. The summed E-state index contributed by atoms with van der Waals surface area (Å²) in [7, 11) is 0. The van der Waals surface area contributed by atoms with Crippen LogP contribution in [0.2, 0.25) is 0 Å². The maximum absolute atomic E-state index is 10.5. The van der Waals surface area contributed by atoms with Crippen LogP contribution in [0.25, 0.3) is 11.5 Å². The second-order valence-electron chi connectivity index (χ2n) is 5.79. The minimum Gasteiger partial charge on any atom is -0.493 e. The Kier molecular flexibility index (Phi) is 5.53. The number of rotatable bonds is 7. The summed E-state index contributed by atoms with van der Waals surface area (Å²) >= 11 is 0. The van der Waals surface area contributed by atoms with Crippen LogP contribution in [-0.2, 0) is 13.0 Å². The normalized spacial score (nSPS) is 10.5. The fourth-order valence-corrected chi connectivity index (χ4v) is 2.51. The number of aromatic nitrogens is 1. The van der Waals surface area contributed by atoms with Gasteiger partial charge >= 0.3 is 6.09 Å². The molecule has 3 rings (SSSR count). The number of hydrogen-bond acceptors (Lipinski definition) is 4. The summed E-state index contributed by atoms with van der Waals surface area (Å²) in [6.07, 6.45) is -0.395. The minimum atomic E-state index is -1.04. The monoisotopic (exact) mass is 352 g/mol. The molecule has 1 amide bonds. The number of ether oxygens (including phenoxy) is 1. The summed E-state index contributed by atoms with van der Waals surface area (Å²) < 4.78 is 11.5. The summed E-state index contributed by atoms with van der Waals surface area (Å²) in [5, 5.41) is 10.9. The van der Waals surface area contributed by atoms with Crippen molar-refractivity contribution in [1.82, 2.24) is 10.3 Å². The predicted octanol–water partition coefficient (Wildman–Crippen LogP) is 4.04. The Morgan fingerprint density at radius 3 is 2.58 bits per heavy atom. The van der Waals surface area contributed by atoms with Gasteiger partial charge in [-0.1, -0.05) is 30.3 Å². The van der Waals surface area contributed by atoms with Crippen LogP contribution in [0.5, 0.6) is 5.75 Å². The van der Waals surface area contributed by atoms with Crippen LogP contribution in [0, 0.1) is 6.92 Å². The first-order valence-corrected chi connectivity index (χ1v) is 8.32. The third-order valence-electron chi connectivity index (χ3n) is 3.89. The summed E-state index contributed by atoms with van der Waals surface area (Å²) in [4.78, 5) is 15.0. The number of nitrogens with zero attached hydrogens (tertiary/aromatic N) is 1. The quantitative estimate of drug-likeness (QED) is 0.670. The molecule has 0 saturated carbocycles. The molecule has 134 valence electrons. The molecular weight excluding hydrogens is 332 g/mol. The van der Waals surface area contributed by atoms with Crippen molar-refractivity contribution in [3.63, 3.8) is 0 Å². The molecule has 26 heavy (non-hydrogen) atoms. The van der Waals surface area contributed by atoms with Gasteiger partial charge in [-0.15, -0.1) is 0 Å². The number of benzene rings is 2. The fourth-order valence-electron chi connectivity index (χ4n) is 2.51. The molecule has 0 fully saturated rings. The maximum Gasteiger partial charge on any atom is 0.404 e. The zero-order valence-corrected chi connectivity index (χ0v) is 14.4. The zero-order valence-electron chi connectivity index (χ0n) is 14.4. The third kappa shape index (κ3) is 4.63. The van der Waals surface area contributed by atoms with E-state index in [1.165, 1.54) is 0 Å². The highest BCUT2D eigenvalue weighted by Crippen LogP contribution is 2.22. The SMILES string of the molecule is Cc1oc(-c2ccccc2)nc1CCOc1ccc(CNC(=O)O)cc1. The van der Waals surface area contributed by atoms with Crippen molar-refractivity contribution >= 4 is 6.09 Å². The van der Waals surface area contributed by atoms with E-state index in [1.54, 1.807) is 0 Å². The zero-order chi connectivity index (χ0) is 18.4. The maximum atomic E-state index is 10.5. The molecule has 0 aliphatic heterocycles. The molecule has 1 aromatic heterocycles. The Morgan fingerprint density at radius 1 is 1.15 bits per heavy atom. The number of hydrogen-bond donors (Lipinski definition) is 2. The Bertz CT molecular complexity index is 857. The lowest BCUT2D eigenvalue weighted by Crippen LogP contribution is -2.19. The molecule has 0 atom stereocenters. The highest BCUT2D eigenvalue weighted by atomic mass is 16.5. The largest absolute Gasteiger partial charge is 0.493 e. The van der Waals surface area contributed by atoms with Crippen LogP contribution < -0.4 is 10.1 Å². The number of amides is 1. The van der Waals surface area contributed by atoms with Crippen molar-refractivity contribution in [3.8, 4) is 17.2 Å². The summed E-state index contributed by atoms with van der Waals surface area (Å²) in [6.45, 7) is 2.66. The lowest BCUT2D eigenvalue weighted by Gasteiger charge is -2.06. The van der Waals surface area contributed by atoms with Crippen LogP contribution in [0.15, 0.2) is 59.0 Å². The molecule has 1 heterocycles. The molecule has 0 radical (unpaired) electrons. The van der Waals surface area contributed by atoms with Gasteiger partial charge in [0.05, 0.1) is 12.3 Å². The lowest BCUT2D eigenvalue weighted by atomic mass is 10.2. The molecule has 3 aromatic rings. The average molecular weight is 352 g/mol. The van der Waals surface area contributed by atoms with Gasteiger partial charge in [-0.25, -0.2) is 9.78 Å². The van der Waals surface area contributed by atoms with Gasteiger partial charge in [-0.2, -0.15) is 0 Å². The number of oxazole rings is 1. The summed E-state index contributed by atoms with van der Waals surface area (Å²) in [5.41, 5.74) is 2.71. The molecule has 0 bridgehead atoms. The first-order chi connectivity index (χ1) is 12.6. The molecule has 0 spiro atoms. The Labute approximate surface area is 151 Å². The van der Waals surface area contributed by atoms with Gasteiger partial charge in [0.1, 0.15) is 11.5 Å². The van der Waals surface area contributed by atoms with E-state index in [0.29, 0.717) is 18.9 Å². The Balaban J connectivity index is 1.53. The van der Waals surface area contributed by atoms with Gasteiger partial charge in [-0.05, 0) is 36.8 Å². The van der Waals surface area contributed by atoms with Crippen molar-refractivity contribution in [2.24, 2.45) is 0 Å². The van der Waals surface area contributed by atoms with Crippen LogP contribution in [0.1, 0.15) is 17.0 Å². The lowest BCUT2D eigenvalue weighted by molar-refractivity contribution is 0.194. The van der Waals surface area contributed by atoms with E-state index in [4.69, 9.17) is 14.3 Å². The number of carboxylic acid groups (broad SMARTS) is 1. The first-order valence-electron chi connectivity index (χ1n) is 8.32. The summed E-state index contributed by atoms with van der Waals surface area (Å²) in [5.74, 6) is 2.14. The van der Waals surface area contributed by atoms with Gasteiger partial charge in [0.2, 0.25) is 5.89 Å². The molecule has 2 aromatic carbocycles. The second-order valence-corrected chi connectivity index (χ2v) is 5.79. The van der Waals surface area contributed by atoms with Crippen LogP contribution in [0.4, 0.5) is 4.79 Å². The third-order valence-corrected chi connectivity index (χ3v) is 3.89. The summed E-state index contributed by atoms with van der Waals surface area (Å²) in [6, 6.07) is 17.1. The highest BCUT2D eigenvalue weighted by Gasteiger charge is 2.11. The van der Waals surface area contributed by atoms with E-state index in [0.717, 1.165) is 28.3 Å². The van der Waals surface area contributed by atoms with Gasteiger partial charge in [0, 0.05) is 18.5 Å². The molecule has 0 aliphatic carbocycles. The molecular formula is C20H20N2O4. The smallest absolute Gasteiger partial charge is 0.404 e. The van der Waals surface area contributed by atoms with Gasteiger partial charge in [0.15, 0.2) is 0 Å². The van der Waals surface area contributed by atoms with Crippen molar-refractivity contribution < 1.29 is 19.1 Å². The van der Waals surface area contributed by atoms with Crippen LogP contribution >= 0.6 is 0 Å². The van der Waals surface area contributed by atoms with Gasteiger partial charge in [0.25, 0.3) is 0 Å². The second kappa shape index (κ2) is 8.20. The van der Waals surface area contributed by atoms with Gasteiger partial charge < -0.3 is 19.6 Å². The molecule has 0 unspecified atom stereocenters. The van der Waals surface area contributed by atoms with Crippen LogP contribution in [-0.4, -0.2) is 22.8 Å². The average Bonchev–Trinajstić information content (AvgIpc) is 3.03. The number of carbonyl (C=O) groups is 1. The molecule has 6 nitrogen and oxygen atoms in total. The van der Waals surface area contributed by atoms with Crippen molar-refractivity contribution in [1.29, 1.82) is 0 Å². The fraction of sp³-hybridized carbons (Fsp3) is 0.200. The van der Waals surface area contributed by atoms with Gasteiger partial charge in [-0.3, -0.25) is 0 Å².